The zero-order chi connectivity index (χ0) is 14.6. The normalized spacial score (nSPS) is 38.7. The van der Waals surface area contributed by atoms with E-state index in [2.05, 4.69) is 0 Å². The quantitative estimate of drug-likeness (QED) is 0.894. The van der Waals surface area contributed by atoms with Gasteiger partial charge in [-0.05, 0) is 85.5 Å². The minimum Gasteiger partial charge on any atom is -0.392 e. The molecule has 4 fully saturated rings. The highest BCUT2D eigenvalue weighted by molar-refractivity contribution is 5.20. The Morgan fingerprint density at radius 3 is 2.24 bits per heavy atom. The summed E-state index contributed by atoms with van der Waals surface area (Å²) in [6.07, 6.45) is 6.04. The lowest BCUT2D eigenvalue weighted by molar-refractivity contribution is -0.0889. The van der Waals surface area contributed by atoms with Gasteiger partial charge in [0.25, 0.3) is 0 Å². The van der Waals surface area contributed by atoms with E-state index in [1.807, 2.05) is 0 Å². The van der Waals surface area contributed by atoms with Crippen molar-refractivity contribution in [1.29, 1.82) is 0 Å². The predicted molar refractivity (Wildman–Crippen MR) is 76.6 cm³/mol. The summed E-state index contributed by atoms with van der Waals surface area (Å²) >= 11 is 0. The van der Waals surface area contributed by atoms with Crippen LogP contribution < -0.4 is 0 Å². The molecule has 3 heteroatoms. The number of hydrogen-bond donors (Lipinski definition) is 1. The highest BCUT2D eigenvalue weighted by Gasteiger charge is 2.50. The van der Waals surface area contributed by atoms with Gasteiger partial charge in [0.05, 0.1) is 6.10 Å². The Bertz CT molecular complexity index is 514. The van der Waals surface area contributed by atoms with E-state index in [0.717, 1.165) is 24.0 Å². The van der Waals surface area contributed by atoms with Crippen molar-refractivity contribution in [2.24, 2.45) is 29.6 Å². The van der Waals surface area contributed by atoms with Crippen molar-refractivity contribution < 1.29 is 13.9 Å². The molecule has 0 amide bonds. The Hall–Kier alpha value is -0.960. The number of halogens is 2. The third-order valence-electron chi connectivity index (χ3n) is 6.18. The van der Waals surface area contributed by atoms with Gasteiger partial charge in [0.1, 0.15) is 11.6 Å². The average molecular weight is 292 g/mol. The first-order chi connectivity index (χ1) is 10.1. The van der Waals surface area contributed by atoms with Crippen molar-refractivity contribution in [3.8, 4) is 0 Å². The molecule has 4 aliphatic carbocycles. The van der Waals surface area contributed by atoms with E-state index in [1.165, 1.54) is 38.2 Å². The van der Waals surface area contributed by atoms with E-state index in [4.69, 9.17) is 0 Å². The van der Waals surface area contributed by atoms with Crippen molar-refractivity contribution >= 4 is 0 Å². The topological polar surface area (TPSA) is 20.2 Å². The fraction of sp³-hybridized carbons (Fsp3) is 0.667. The van der Waals surface area contributed by atoms with Crippen molar-refractivity contribution in [3.63, 3.8) is 0 Å². The monoisotopic (exact) mass is 292 g/mol. The van der Waals surface area contributed by atoms with Crippen molar-refractivity contribution in [3.05, 3.63) is 35.4 Å². The first-order valence-electron chi connectivity index (χ1n) is 8.22. The second-order valence-electron chi connectivity index (χ2n) is 7.52. The van der Waals surface area contributed by atoms with Gasteiger partial charge in [0.2, 0.25) is 0 Å². The fourth-order valence-corrected chi connectivity index (χ4v) is 5.66. The van der Waals surface area contributed by atoms with E-state index in [9.17, 15) is 13.9 Å². The summed E-state index contributed by atoms with van der Waals surface area (Å²) in [5, 5.41) is 10.7. The SMILES string of the molecule is OC(Cc1cc(F)ccc1F)C1C2CC3CC(C2)CC1C3. The number of hydrogen-bond acceptors (Lipinski definition) is 1. The van der Waals surface area contributed by atoms with Gasteiger partial charge in [-0.1, -0.05) is 0 Å². The summed E-state index contributed by atoms with van der Waals surface area (Å²) < 4.78 is 27.1. The van der Waals surface area contributed by atoms with Gasteiger partial charge in [0, 0.05) is 6.42 Å². The maximum atomic E-state index is 13.8. The van der Waals surface area contributed by atoms with E-state index in [1.54, 1.807) is 0 Å². The van der Waals surface area contributed by atoms with Crippen LogP contribution in [0, 0.1) is 41.2 Å². The lowest BCUT2D eigenvalue weighted by Crippen LogP contribution is -2.49. The van der Waals surface area contributed by atoms with E-state index < -0.39 is 17.7 Å². The second-order valence-corrected chi connectivity index (χ2v) is 7.52. The average Bonchev–Trinajstić information content (AvgIpc) is 2.41. The lowest BCUT2D eigenvalue weighted by atomic mass is 9.50. The molecule has 0 spiro atoms. The summed E-state index contributed by atoms with van der Waals surface area (Å²) in [7, 11) is 0. The Kier molecular flexibility index (Phi) is 3.29. The number of aliphatic hydroxyl groups excluding tert-OH is 1. The summed E-state index contributed by atoms with van der Waals surface area (Å²) in [5.41, 5.74) is 0.316. The molecule has 0 aromatic heterocycles. The molecule has 114 valence electrons. The number of benzene rings is 1. The van der Waals surface area contributed by atoms with Gasteiger partial charge in [-0.2, -0.15) is 0 Å². The number of aliphatic hydroxyl groups is 1. The first-order valence-corrected chi connectivity index (χ1v) is 8.22. The van der Waals surface area contributed by atoms with Crippen LogP contribution in [-0.2, 0) is 6.42 Å². The molecule has 4 bridgehead atoms. The highest BCUT2D eigenvalue weighted by atomic mass is 19.1. The molecule has 0 radical (unpaired) electrons. The second kappa shape index (κ2) is 5.05. The maximum Gasteiger partial charge on any atom is 0.126 e. The molecule has 0 heterocycles. The van der Waals surface area contributed by atoms with Gasteiger partial charge in [-0.25, -0.2) is 8.78 Å². The third-order valence-corrected chi connectivity index (χ3v) is 6.18. The Morgan fingerprint density at radius 1 is 1.00 bits per heavy atom. The predicted octanol–water partition coefficient (Wildman–Crippen LogP) is 3.94. The molecule has 1 N–H and O–H groups in total. The van der Waals surface area contributed by atoms with Crippen LogP contribution in [-0.4, -0.2) is 11.2 Å². The molecule has 4 aliphatic rings. The smallest absolute Gasteiger partial charge is 0.126 e. The van der Waals surface area contributed by atoms with Crippen LogP contribution in [0.5, 0.6) is 0 Å². The van der Waals surface area contributed by atoms with Gasteiger partial charge in [-0.15, -0.1) is 0 Å². The van der Waals surface area contributed by atoms with Gasteiger partial charge in [-0.3, -0.25) is 0 Å². The first kappa shape index (κ1) is 13.7. The van der Waals surface area contributed by atoms with Crippen LogP contribution in [0.3, 0.4) is 0 Å². The molecule has 1 aromatic carbocycles. The van der Waals surface area contributed by atoms with Crippen LogP contribution in [0.4, 0.5) is 8.78 Å². The Balaban J connectivity index is 1.52. The van der Waals surface area contributed by atoms with Crippen molar-refractivity contribution in [2.45, 2.75) is 44.6 Å². The van der Waals surface area contributed by atoms with Crippen LogP contribution in [0.15, 0.2) is 18.2 Å². The molecule has 0 saturated heterocycles. The summed E-state index contributed by atoms with van der Waals surface area (Å²) in [5.74, 6) is 2.40. The van der Waals surface area contributed by atoms with E-state index >= 15 is 0 Å². The molecule has 4 saturated carbocycles. The van der Waals surface area contributed by atoms with Gasteiger partial charge < -0.3 is 5.11 Å². The zero-order valence-corrected chi connectivity index (χ0v) is 12.1. The minimum atomic E-state index is -0.531. The number of rotatable bonds is 3. The summed E-state index contributed by atoms with van der Waals surface area (Å²) in [4.78, 5) is 0. The van der Waals surface area contributed by atoms with E-state index in [0.29, 0.717) is 23.3 Å². The molecule has 0 aliphatic heterocycles. The van der Waals surface area contributed by atoms with Crippen LogP contribution in [0.2, 0.25) is 0 Å². The minimum absolute atomic E-state index is 0.247. The Morgan fingerprint density at radius 2 is 1.62 bits per heavy atom. The zero-order valence-electron chi connectivity index (χ0n) is 12.1. The van der Waals surface area contributed by atoms with E-state index in [-0.39, 0.29) is 6.42 Å². The van der Waals surface area contributed by atoms with Crippen LogP contribution in [0.25, 0.3) is 0 Å². The largest absolute Gasteiger partial charge is 0.392 e. The molecule has 5 rings (SSSR count). The van der Waals surface area contributed by atoms with Crippen LogP contribution in [0.1, 0.15) is 37.7 Å². The van der Waals surface area contributed by atoms with Crippen molar-refractivity contribution in [2.75, 3.05) is 0 Å². The molecule has 1 atom stereocenters. The van der Waals surface area contributed by atoms with Crippen LogP contribution >= 0.6 is 0 Å². The molecule has 1 aromatic rings. The van der Waals surface area contributed by atoms with Gasteiger partial charge in [0.15, 0.2) is 0 Å². The standard InChI is InChI=1S/C18H22F2O/c19-15-1-2-16(20)12(8-15)9-17(21)18-13-4-10-3-11(6-13)7-14(18)5-10/h1-2,8,10-11,13-14,17-18,21H,3-7,9H2. The summed E-state index contributed by atoms with van der Waals surface area (Å²) in [6, 6.07) is 3.52. The van der Waals surface area contributed by atoms with Gasteiger partial charge >= 0.3 is 0 Å². The molecular formula is C18H22F2O. The maximum absolute atomic E-state index is 13.8. The molecular weight excluding hydrogens is 270 g/mol. The lowest BCUT2D eigenvalue weighted by Gasteiger charge is -2.55. The molecule has 1 unspecified atom stereocenters. The Labute approximate surface area is 124 Å². The molecule has 1 nitrogen and oxygen atoms in total. The summed E-state index contributed by atoms with van der Waals surface area (Å²) in [6.45, 7) is 0. The van der Waals surface area contributed by atoms with Crippen molar-refractivity contribution in [1.82, 2.24) is 0 Å². The molecule has 21 heavy (non-hydrogen) atoms. The third kappa shape index (κ3) is 2.40. The fourth-order valence-electron chi connectivity index (χ4n) is 5.66. The highest BCUT2D eigenvalue weighted by Crippen LogP contribution is 2.57.